The van der Waals surface area contributed by atoms with Crippen LogP contribution in [0, 0.1) is 0 Å². The molecule has 0 aliphatic rings. The second kappa shape index (κ2) is 9.71. The van der Waals surface area contributed by atoms with Crippen LogP contribution in [0.25, 0.3) is 86.3 Å². The third-order valence-electron chi connectivity index (χ3n) is 8.72. The predicted octanol–water partition coefficient (Wildman–Crippen LogP) is 11.3. The molecule has 0 unspecified atom stereocenters. The van der Waals surface area contributed by atoms with Crippen LogP contribution in [0.5, 0.6) is 0 Å². The molecule has 0 saturated heterocycles. The van der Waals surface area contributed by atoms with E-state index in [-0.39, 0.29) is 0 Å². The highest BCUT2D eigenvalue weighted by molar-refractivity contribution is 7.25. The van der Waals surface area contributed by atoms with Crippen LogP contribution < -0.4 is 0 Å². The average molecular weight is 631 g/mol. The van der Waals surface area contributed by atoms with E-state index >= 15 is 0 Å². The summed E-state index contributed by atoms with van der Waals surface area (Å²) in [7, 11) is 0. The Kier molecular flexibility index (Phi) is 5.45. The normalized spacial score (nSPS) is 12.0. The van der Waals surface area contributed by atoms with E-state index in [0.717, 1.165) is 27.6 Å². The van der Waals surface area contributed by atoms with E-state index in [4.69, 9.17) is 9.97 Å². The molecule has 6 aromatic heterocycles. The Bertz CT molecular complexity index is 2670. The van der Waals surface area contributed by atoms with Crippen LogP contribution in [-0.4, -0.2) is 19.1 Å². The summed E-state index contributed by atoms with van der Waals surface area (Å²) in [4.78, 5) is 9.86. The maximum atomic E-state index is 5.13. The number of fused-ring (bicyclic) bond motifs is 6. The molecular weight excluding hydrogens is 609 g/mol. The Morgan fingerprint density at radius 2 is 1.13 bits per heavy atom. The van der Waals surface area contributed by atoms with Gasteiger partial charge in [0.25, 0.3) is 0 Å². The van der Waals surface area contributed by atoms with Crippen molar-refractivity contribution in [1.29, 1.82) is 0 Å². The van der Waals surface area contributed by atoms with Crippen LogP contribution in [0.2, 0.25) is 0 Å². The number of aromatic nitrogens is 4. The lowest BCUT2D eigenvalue weighted by molar-refractivity contribution is 1.11. The summed E-state index contributed by atoms with van der Waals surface area (Å²) in [5.74, 6) is 0.904. The Morgan fingerprint density at radius 1 is 0.489 bits per heavy atom. The van der Waals surface area contributed by atoms with Gasteiger partial charge in [-0.15, -0.1) is 34.0 Å². The first-order valence-electron chi connectivity index (χ1n) is 14.7. The van der Waals surface area contributed by atoms with E-state index in [0.29, 0.717) is 0 Å². The van der Waals surface area contributed by atoms with Gasteiger partial charge in [0.05, 0.1) is 26.1 Å². The molecule has 0 bridgehead atoms. The maximum absolute atomic E-state index is 5.13. The van der Waals surface area contributed by atoms with Gasteiger partial charge in [0.2, 0.25) is 0 Å². The summed E-state index contributed by atoms with van der Waals surface area (Å²) < 4.78 is 7.35. The molecule has 10 aromatic rings. The van der Waals surface area contributed by atoms with Crippen molar-refractivity contribution < 1.29 is 0 Å². The Balaban J connectivity index is 1.22. The van der Waals surface area contributed by atoms with E-state index in [9.17, 15) is 0 Å². The van der Waals surface area contributed by atoms with Crippen molar-refractivity contribution in [1.82, 2.24) is 19.1 Å². The van der Waals surface area contributed by atoms with E-state index in [1.807, 2.05) is 41.0 Å². The molecule has 7 heteroatoms. The lowest BCUT2D eigenvalue weighted by atomic mass is 9.91. The Morgan fingerprint density at radius 3 is 1.84 bits per heavy atom. The summed E-state index contributed by atoms with van der Waals surface area (Å²) in [6, 6.07) is 39.4. The molecule has 212 valence electrons. The number of hydrogen-bond donors (Lipinski definition) is 0. The molecule has 0 amide bonds. The molecule has 0 fully saturated rings. The minimum Gasteiger partial charge on any atom is -0.307 e. The van der Waals surface area contributed by atoms with Gasteiger partial charge in [-0.25, -0.2) is 9.97 Å². The first-order valence-corrected chi connectivity index (χ1v) is 17.4. The number of imidazole rings is 1. The molecule has 0 spiro atoms. The summed E-state index contributed by atoms with van der Waals surface area (Å²) in [5.41, 5.74) is 9.05. The highest BCUT2D eigenvalue weighted by atomic mass is 32.1. The van der Waals surface area contributed by atoms with Crippen LogP contribution in [0.1, 0.15) is 0 Å². The number of benzene rings is 4. The van der Waals surface area contributed by atoms with Crippen LogP contribution in [0.3, 0.4) is 0 Å². The van der Waals surface area contributed by atoms with E-state index < -0.39 is 0 Å². The zero-order chi connectivity index (χ0) is 29.5. The molecule has 4 aromatic carbocycles. The van der Waals surface area contributed by atoms with Crippen LogP contribution in [0.4, 0.5) is 0 Å². The Hall–Kier alpha value is -5.08. The van der Waals surface area contributed by atoms with Gasteiger partial charge >= 0.3 is 0 Å². The minimum absolute atomic E-state index is 0.870. The van der Waals surface area contributed by atoms with Gasteiger partial charge < -0.3 is 4.57 Å². The smallest absolute Gasteiger partial charge is 0.165 e. The van der Waals surface area contributed by atoms with Gasteiger partial charge in [0.1, 0.15) is 16.3 Å². The number of thiophene rings is 3. The molecule has 0 N–H and O–H groups in total. The molecule has 0 aliphatic carbocycles. The molecule has 0 aliphatic heterocycles. The zero-order valence-corrected chi connectivity index (χ0v) is 26.2. The fourth-order valence-corrected chi connectivity index (χ4v) is 9.50. The van der Waals surface area contributed by atoms with Crippen molar-refractivity contribution in [3.63, 3.8) is 0 Å². The fourth-order valence-electron chi connectivity index (χ4n) is 6.83. The van der Waals surface area contributed by atoms with Crippen molar-refractivity contribution in [2.24, 2.45) is 0 Å². The first-order chi connectivity index (χ1) is 22.3. The molecule has 10 rings (SSSR count). The molecule has 0 atom stereocenters. The molecule has 45 heavy (non-hydrogen) atoms. The summed E-state index contributed by atoms with van der Waals surface area (Å²) in [6.07, 6.45) is 1.84. The number of hydrogen-bond acceptors (Lipinski definition) is 5. The van der Waals surface area contributed by atoms with Gasteiger partial charge in [-0.05, 0) is 92.0 Å². The molecule has 6 heterocycles. The first kappa shape index (κ1) is 25.3. The fraction of sp³-hybridized carbons (Fsp3) is 0. The molecule has 0 radical (unpaired) electrons. The van der Waals surface area contributed by atoms with Gasteiger partial charge in [-0.1, -0.05) is 60.7 Å². The van der Waals surface area contributed by atoms with Crippen molar-refractivity contribution in [3.05, 3.63) is 132 Å². The van der Waals surface area contributed by atoms with Crippen LogP contribution in [0.15, 0.2) is 132 Å². The largest absolute Gasteiger partial charge is 0.307 e. The SMILES string of the molecule is c1csc(-n2c(-c3ccc(-c4ccc(-n5c6ccsc6c6sccc65)c5ccccc45)c4ccccc34)nc3cccnc32)c1. The second-order valence-electron chi connectivity index (χ2n) is 11.1. The number of rotatable bonds is 4. The highest BCUT2D eigenvalue weighted by Gasteiger charge is 2.21. The third kappa shape index (κ3) is 3.63. The van der Waals surface area contributed by atoms with E-state index in [2.05, 4.69) is 122 Å². The van der Waals surface area contributed by atoms with Crippen LogP contribution >= 0.6 is 34.0 Å². The van der Waals surface area contributed by atoms with Crippen molar-refractivity contribution >= 4 is 87.2 Å². The Labute approximate surface area is 269 Å². The minimum atomic E-state index is 0.870. The van der Waals surface area contributed by atoms with Crippen molar-refractivity contribution in [3.8, 4) is 33.2 Å². The standard InChI is InChI=1S/C38H22N4S3/c1-2-9-25-23(7-1)26(13-14-29(25)37-40-30-11-5-19-39-38(30)42(37)34-12-6-20-43-34)27-15-16-31(28-10-4-3-8-24(27)28)41-32-17-21-44-35(32)36-33(41)18-22-45-36/h1-22H. The quantitative estimate of drug-likeness (QED) is 0.194. The number of nitrogens with zero attached hydrogens (tertiary/aromatic N) is 4. The van der Waals surface area contributed by atoms with Gasteiger partial charge in [0.15, 0.2) is 5.65 Å². The van der Waals surface area contributed by atoms with E-state index in [1.165, 1.54) is 58.8 Å². The lowest BCUT2D eigenvalue weighted by Crippen LogP contribution is -1.98. The zero-order valence-electron chi connectivity index (χ0n) is 23.7. The number of pyridine rings is 1. The van der Waals surface area contributed by atoms with Crippen molar-refractivity contribution in [2.75, 3.05) is 0 Å². The summed E-state index contributed by atoms with van der Waals surface area (Å²) >= 11 is 5.34. The summed E-state index contributed by atoms with van der Waals surface area (Å²) in [6.45, 7) is 0. The summed E-state index contributed by atoms with van der Waals surface area (Å²) in [5, 5.41) is 12.5. The third-order valence-corrected chi connectivity index (χ3v) is 11.5. The second-order valence-corrected chi connectivity index (χ2v) is 13.8. The van der Waals surface area contributed by atoms with Gasteiger partial charge in [-0.3, -0.25) is 4.57 Å². The monoisotopic (exact) mass is 630 g/mol. The predicted molar refractivity (Wildman–Crippen MR) is 193 cm³/mol. The molecular formula is C38H22N4S3. The topological polar surface area (TPSA) is 35.6 Å². The highest BCUT2D eigenvalue weighted by Crippen LogP contribution is 2.43. The van der Waals surface area contributed by atoms with Gasteiger partial charge in [0, 0.05) is 17.1 Å². The van der Waals surface area contributed by atoms with Crippen LogP contribution in [-0.2, 0) is 0 Å². The maximum Gasteiger partial charge on any atom is 0.165 e. The molecule has 4 nitrogen and oxygen atoms in total. The van der Waals surface area contributed by atoms with E-state index in [1.54, 1.807) is 11.3 Å². The molecule has 0 saturated carbocycles. The average Bonchev–Trinajstić information content (AvgIpc) is 3.92. The lowest BCUT2D eigenvalue weighted by Gasteiger charge is -2.17. The van der Waals surface area contributed by atoms with Gasteiger partial charge in [-0.2, -0.15) is 0 Å². The van der Waals surface area contributed by atoms with Crippen molar-refractivity contribution in [2.45, 2.75) is 0 Å².